The van der Waals surface area contributed by atoms with Crippen molar-refractivity contribution < 1.29 is 13.2 Å². The van der Waals surface area contributed by atoms with E-state index in [1.165, 1.54) is 38.2 Å². The molecular weight excluding hydrogens is 473 g/mol. The molecule has 0 N–H and O–H groups in total. The van der Waals surface area contributed by atoms with Crippen LogP contribution in [0.25, 0.3) is 0 Å². The van der Waals surface area contributed by atoms with E-state index in [4.69, 9.17) is 16.9 Å². The summed E-state index contributed by atoms with van der Waals surface area (Å²) in [7, 11) is 3.91. The average Bonchev–Trinajstić information content (AvgIpc) is 3.22. The van der Waals surface area contributed by atoms with Crippen molar-refractivity contribution in [3.8, 4) is 6.07 Å². The minimum Gasteiger partial charge on any atom is -0.303 e. The van der Waals surface area contributed by atoms with Gasteiger partial charge in [-0.25, -0.2) is 0 Å². The molecule has 1 aliphatic heterocycles. The van der Waals surface area contributed by atoms with Gasteiger partial charge in [-0.2, -0.15) is 23.5 Å². The molecule has 2 aromatic rings. The summed E-state index contributed by atoms with van der Waals surface area (Å²) < 4.78 is 36.7. The maximum Gasteiger partial charge on any atom is 0.416 e. The van der Waals surface area contributed by atoms with Crippen LogP contribution in [-0.4, -0.2) is 49.9 Å². The highest BCUT2D eigenvalue weighted by Crippen LogP contribution is 2.31. The zero-order valence-electron chi connectivity index (χ0n) is 21.2. The SMILES string of the molecule is CCc1ccccc1C(F)(F)F.C[C@H]1CCN(CC/C=N\N(C)C)C1.Cc1ccc(C#N)c(Cl)c1. The molecule has 1 saturated heterocycles. The minimum absolute atomic E-state index is 0.352. The van der Waals surface area contributed by atoms with E-state index in [0.29, 0.717) is 22.6 Å². The summed E-state index contributed by atoms with van der Waals surface area (Å²) in [6, 6.07) is 13.0. The molecule has 0 radical (unpaired) electrons. The Labute approximate surface area is 213 Å². The Morgan fingerprint density at radius 3 is 2.40 bits per heavy atom. The molecule has 0 spiro atoms. The summed E-state index contributed by atoms with van der Waals surface area (Å²) in [4.78, 5) is 2.52. The van der Waals surface area contributed by atoms with Crippen LogP contribution in [-0.2, 0) is 12.6 Å². The molecule has 3 rings (SSSR count). The van der Waals surface area contributed by atoms with Crippen molar-refractivity contribution in [3.05, 3.63) is 69.7 Å². The number of hydrogen-bond acceptors (Lipinski definition) is 4. The maximum atomic E-state index is 12.2. The van der Waals surface area contributed by atoms with Gasteiger partial charge in [-0.15, -0.1) is 0 Å². The van der Waals surface area contributed by atoms with Crippen LogP contribution in [0.15, 0.2) is 47.6 Å². The lowest BCUT2D eigenvalue weighted by Gasteiger charge is -2.13. The van der Waals surface area contributed by atoms with Gasteiger partial charge in [0.25, 0.3) is 0 Å². The first kappa shape index (κ1) is 30.5. The predicted octanol–water partition coefficient (Wildman–Crippen LogP) is 7.05. The number of rotatable bonds is 5. The van der Waals surface area contributed by atoms with E-state index >= 15 is 0 Å². The Balaban J connectivity index is 0.000000265. The minimum atomic E-state index is -4.22. The van der Waals surface area contributed by atoms with Crippen molar-refractivity contribution in [1.29, 1.82) is 5.26 Å². The molecule has 35 heavy (non-hydrogen) atoms. The van der Waals surface area contributed by atoms with Gasteiger partial charge in [0.1, 0.15) is 6.07 Å². The van der Waals surface area contributed by atoms with E-state index < -0.39 is 11.7 Å². The molecule has 0 unspecified atom stereocenters. The first-order valence-electron chi connectivity index (χ1n) is 11.7. The largest absolute Gasteiger partial charge is 0.416 e. The topological polar surface area (TPSA) is 42.6 Å². The third-order valence-corrected chi connectivity index (χ3v) is 5.66. The lowest BCUT2D eigenvalue weighted by atomic mass is 10.1. The average molecular weight is 509 g/mol. The first-order chi connectivity index (χ1) is 16.5. The van der Waals surface area contributed by atoms with Crippen LogP contribution >= 0.6 is 11.6 Å². The molecule has 1 aliphatic rings. The van der Waals surface area contributed by atoms with Gasteiger partial charge in [-0.05, 0) is 68.0 Å². The van der Waals surface area contributed by atoms with E-state index in [2.05, 4.69) is 16.9 Å². The molecule has 8 heteroatoms. The maximum absolute atomic E-state index is 12.2. The van der Waals surface area contributed by atoms with E-state index in [0.717, 1.165) is 24.0 Å². The number of likely N-dealkylation sites (tertiary alicyclic amines) is 1. The number of halogens is 4. The van der Waals surface area contributed by atoms with Crippen LogP contribution in [0, 0.1) is 24.2 Å². The van der Waals surface area contributed by atoms with Crippen molar-refractivity contribution in [1.82, 2.24) is 9.91 Å². The molecule has 0 aromatic heterocycles. The fraction of sp³-hybridized carbons (Fsp3) is 0.481. The first-order valence-corrected chi connectivity index (χ1v) is 12.1. The Morgan fingerprint density at radius 1 is 1.23 bits per heavy atom. The quantitative estimate of drug-likeness (QED) is 0.321. The number of aryl methyl sites for hydroxylation is 2. The molecule has 4 nitrogen and oxygen atoms in total. The van der Waals surface area contributed by atoms with Gasteiger partial charge in [-0.3, -0.25) is 0 Å². The molecule has 0 aliphatic carbocycles. The van der Waals surface area contributed by atoms with Crippen LogP contribution in [0.5, 0.6) is 0 Å². The van der Waals surface area contributed by atoms with Crippen molar-refractivity contribution >= 4 is 17.8 Å². The number of benzene rings is 2. The van der Waals surface area contributed by atoms with Gasteiger partial charge in [0.05, 0.1) is 16.1 Å². The highest BCUT2D eigenvalue weighted by molar-refractivity contribution is 6.31. The molecule has 1 heterocycles. The second-order valence-electron chi connectivity index (χ2n) is 8.73. The molecular formula is C27H36ClF3N4. The third kappa shape index (κ3) is 12.1. The summed E-state index contributed by atoms with van der Waals surface area (Å²) in [6.07, 6.45) is 0.640. The standard InChI is InChI=1S/C10H21N3.C9H9F3.C8H6ClN/c1-10-5-8-13(9-10)7-4-6-11-12(2)3;1-2-7-5-3-4-6-8(7)9(10,11)12;1-6-2-3-7(5-10)8(9)4-6/h6,10H,4-5,7-9H2,1-3H3;3-6H,2H2,1H3;2-4H,1H3/b11-6-;;/t10-;;/m0../s1. The van der Waals surface area contributed by atoms with Crippen molar-refractivity contribution in [2.45, 2.75) is 46.2 Å². The summed E-state index contributed by atoms with van der Waals surface area (Å²) >= 11 is 5.71. The molecule has 0 bridgehead atoms. The van der Waals surface area contributed by atoms with Gasteiger partial charge < -0.3 is 9.91 Å². The second kappa shape index (κ2) is 15.4. The summed E-state index contributed by atoms with van der Waals surface area (Å²) in [6.45, 7) is 9.69. The monoisotopic (exact) mass is 508 g/mol. The van der Waals surface area contributed by atoms with Crippen LogP contribution in [0.1, 0.15) is 48.9 Å². The van der Waals surface area contributed by atoms with Gasteiger partial charge in [0.2, 0.25) is 0 Å². The predicted molar refractivity (Wildman–Crippen MR) is 139 cm³/mol. The van der Waals surface area contributed by atoms with Gasteiger partial charge in [-0.1, -0.05) is 49.7 Å². The normalized spacial score (nSPS) is 15.6. The van der Waals surface area contributed by atoms with E-state index in [-0.39, 0.29) is 0 Å². The van der Waals surface area contributed by atoms with Crippen molar-refractivity contribution in [2.24, 2.45) is 11.0 Å². The molecule has 1 fully saturated rings. The Hall–Kier alpha value is -2.56. The van der Waals surface area contributed by atoms with Gasteiger partial charge in [0, 0.05) is 33.4 Å². The number of hydrazone groups is 1. The van der Waals surface area contributed by atoms with Crippen LogP contribution in [0.4, 0.5) is 13.2 Å². The molecule has 0 amide bonds. The zero-order chi connectivity index (χ0) is 26.4. The number of nitriles is 1. The van der Waals surface area contributed by atoms with Crippen LogP contribution in [0.2, 0.25) is 5.02 Å². The molecule has 1 atom stereocenters. The second-order valence-corrected chi connectivity index (χ2v) is 9.14. The fourth-order valence-corrected chi connectivity index (χ4v) is 3.78. The summed E-state index contributed by atoms with van der Waals surface area (Å²) in [5.41, 5.74) is 1.44. The van der Waals surface area contributed by atoms with Crippen molar-refractivity contribution in [3.63, 3.8) is 0 Å². The number of hydrogen-bond donors (Lipinski definition) is 0. The Kier molecular flexibility index (Phi) is 13.4. The molecule has 192 valence electrons. The number of alkyl halides is 3. The molecule has 0 saturated carbocycles. The highest BCUT2D eigenvalue weighted by Gasteiger charge is 2.32. The van der Waals surface area contributed by atoms with E-state index in [1.807, 2.05) is 44.4 Å². The lowest BCUT2D eigenvalue weighted by molar-refractivity contribution is -0.138. The van der Waals surface area contributed by atoms with Crippen LogP contribution < -0.4 is 0 Å². The number of nitrogens with zero attached hydrogens (tertiary/aromatic N) is 4. The van der Waals surface area contributed by atoms with Crippen molar-refractivity contribution in [2.75, 3.05) is 33.7 Å². The summed E-state index contributed by atoms with van der Waals surface area (Å²) in [5.74, 6) is 0.894. The molecule has 2 aromatic carbocycles. The smallest absolute Gasteiger partial charge is 0.303 e. The third-order valence-electron chi connectivity index (χ3n) is 5.34. The Morgan fingerprint density at radius 2 is 1.91 bits per heavy atom. The Bertz CT molecular complexity index is 968. The zero-order valence-corrected chi connectivity index (χ0v) is 22.0. The lowest BCUT2D eigenvalue weighted by Crippen LogP contribution is -2.21. The van der Waals surface area contributed by atoms with Crippen LogP contribution in [0.3, 0.4) is 0 Å². The van der Waals surface area contributed by atoms with Gasteiger partial charge in [0.15, 0.2) is 0 Å². The van der Waals surface area contributed by atoms with E-state index in [9.17, 15) is 13.2 Å². The van der Waals surface area contributed by atoms with E-state index in [1.54, 1.807) is 25.1 Å². The van der Waals surface area contributed by atoms with Gasteiger partial charge >= 0.3 is 6.18 Å². The highest BCUT2D eigenvalue weighted by atomic mass is 35.5. The fourth-order valence-electron chi connectivity index (χ4n) is 3.51. The summed E-state index contributed by atoms with van der Waals surface area (Å²) in [5, 5.41) is 15.0.